The van der Waals surface area contributed by atoms with Gasteiger partial charge in [-0.2, -0.15) is 0 Å². The molecular formula is C22H30N4O2. The molecule has 0 spiro atoms. The van der Waals surface area contributed by atoms with Gasteiger partial charge in [0.25, 0.3) is 5.91 Å². The quantitative estimate of drug-likeness (QED) is 0.796. The highest BCUT2D eigenvalue weighted by Gasteiger charge is 2.29. The predicted molar refractivity (Wildman–Crippen MR) is 108 cm³/mol. The second-order valence-electron chi connectivity index (χ2n) is 7.91. The second kappa shape index (κ2) is 8.45. The number of aryl methyl sites for hydroxylation is 1. The molecule has 1 amide bonds. The molecule has 1 saturated heterocycles. The molecule has 1 aliphatic carbocycles. The van der Waals surface area contributed by atoms with Crippen LogP contribution in [0.5, 0.6) is 0 Å². The zero-order valence-corrected chi connectivity index (χ0v) is 16.9. The monoisotopic (exact) mass is 382 g/mol. The van der Waals surface area contributed by atoms with Crippen molar-refractivity contribution in [3.05, 3.63) is 52.9 Å². The fourth-order valence-corrected chi connectivity index (χ4v) is 4.43. The predicted octanol–water partition coefficient (Wildman–Crippen LogP) is 2.96. The van der Waals surface area contributed by atoms with E-state index >= 15 is 0 Å². The van der Waals surface area contributed by atoms with E-state index in [9.17, 15) is 4.79 Å². The van der Waals surface area contributed by atoms with Crippen LogP contribution in [0.25, 0.3) is 0 Å². The smallest absolute Gasteiger partial charge is 0.276 e. The van der Waals surface area contributed by atoms with Crippen LogP contribution in [0.4, 0.5) is 0 Å². The molecule has 0 bridgehead atoms. The Kier molecular flexibility index (Phi) is 5.78. The van der Waals surface area contributed by atoms with Crippen LogP contribution in [-0.4, -0.2) is 65.5 Å². The number of carbonyl (C=O) groups excluding carboxylic acids is 1. The van der Waals surface area contributed by atoms with E-state index < -0.39 is 0 Å². The van der Waals surface area contributed by atoms with Gasteiger partial charge in [0.05, 0.1) is 12.6 Å². The van der Waals surface area contributed by atoms with Crippen LogP contribution in [0.15, 0.2) is 34.9 Å². The van der Waals surface area contributed by atoms with Crippen LogP contribution in [0.2, 0.25) is 0 Å². The summed E-state index contributed by atoms with van der Waals surface area (Å²) in [4.78, 5) is 19.7. The molecule has 1 unspecified atom stereocenters. The molecule has 150 valence electrons. The van der Waals surface area contributed by atoms with Gasteiger partial charge in [0.1, 0.15) is 0 Å². The minimum Gasteiger partial charge on any atom is -0.359 e. The van der Waals surface area contributed by atoms with Crippen molar-refractivity contribution in [1.29, 1.82) is 0 Å². The summed E-state index contributed by atoms with van der Waals surface area (Å²) in [6.45, 7) is 8.23. The number of fused-ring (bicyclic) bond motifs is 1. The summed E-state index contributed by atoms with van der Waals surface area (Å²) < 4.78 is 5.50. The van der Waals surface area contributed by atoms with Crippen molar-refractivity contribution in [2.75, 3.05) is 39.8 Å². The van der Waals surface area contributed by atoms with Crippen molar-refractivity contribution in [3.63, 3.8) is 0 Å². The minimum absolute atomic E-state index is 0.0625. The fourth-order valence-electron chi connectivity index (χ4n) is 4.43. The number of benzene rings is 1. The summed E-state index contributed by atoms with van der Waals surface area (Å²) in [5.74, 6) is 0.707. The summed E-state index contributed by atoms with van der Waals surface area (Å²) in [5.41, 5.74) is 3.03. The molecule has 1 aliphatic heterocycles. The third kappa shape index (κ3) is 3.98. The molecule has 2 aromatic rings. The second-order valence-corrected chi connectivity index (χ2v) is 7.91. The van der Waals surface area contributed by atoms with Crippen molar-refractivity contribution in [2.45, 2.75) is 38.8 Å². The van der Waals surface area contributed by atoms with Gasteiger partial charge in [-0.15, -0.1) is 0 Å². The number of nitrogens with zero attached hydrogens (tertiary/aromatic N) is 4. The minimum atomic E-state index is -0.0625. The van der Waals surface area contributed by atoms with Gasteiger partial charge in [0.2, 0.25) is 0 Å². The molecule has 1 aromatic heterocycles. The number of hydrogen-bond acceptors (Lipinski definition) is 5. The molecule has 0 N–H and O–H groups in total. The fraction of sp³-hybridized carbons (Fsp3) is 0.545. The molecule has 2 heterocycles. The van der Waals surface area contributed by atoms with Crippen molar-refractivity contribution in [1.82, 2.24) is 19.9 Å². The molecule has 28 heavy (non-hydrogen) atoms. The molecule has 0 radical (unpaired) electrons. The van der Waals surface area contributed by atoms with E-state index in [1.165, 1.54) is 11.1 Å². The van der Waals surface area contributed by atoms with Gasteiger partial charge < -0.3 is 14.3 Å². The topological polar surface area (TPSA) is 52.8 Å². The summed E-state index contributed by atoms with van der Waals surface area (Å²) >= 11 is 0. The highest BCUT2D eigenvalue weighted by Crippen LogP contribution is 2.34. The molecular weight excluding hydrogens is 352 g/mol. The van der Waals surface area contributed by atoms with Crippen LogP contribution >= 0.6 is 0 Å². The van der Waals surface area contributed by atoms with Gasteiger partial charge in [-0.3, -0.25) is 9.69 Å². The Morgan fingerprint density at radius 3 is 2.75 bits per heavy atom. The first kappa shape index (κ1) is 19.2. The Morgan fingerprint density at radius 1 is 1.21 bits per heavy atom. The van der Waals surface area contributed by atoms with Crippen LogP contribution < -0.4 is 0 Å². The molecule has 1 fully saturated rings. The van der Waals surface area contributed by atoms with Gasteiger partial charge >= 0.3 is 0 Å². The summed E-state index contributed by atoms with van der Waals surface area (Å²) in [5, 5.41) is 4.08. The Bertz CT molecular complexity index is 810. The van der Waals surface area contributed by atoms with Crippen molar-refractivity contribution in [2.24, 2.45) is 0 Å². The third-order valence-electron chi connectivity index (χ3n) is 6.20. The highest BCUT2D eigenvalue weighted by atomic mass is 16.5. The molecule has 1 aromatic carbocycles. The van der Waals surface area contributed by atoms with Crippen LogP contribution in [-0.2, 0) is 13.0 Å². The molecule has 4 rings (SSSR count). The van der Waals surface area contributed by atoms with Gasteiger partial charge in [-0.25, -0.2) is 0 Å². The van der Waals surface area contributed by atoms with Gasteiger partial charge in [0, 0.05) is 39.3 Å². The lowest BCUT2D eigenvalue weighted by molar-refractivity contribution is 0.0704. The Labute approximate surface area is 167 Å². The average molecular weight is 383 g/mol. The number of aromatic nitrogens is 1. The van der Waals surface area contributed by atoms with E-state index in [1.54, 1.807) is 0 Å². The maximum atomic E-state index is 13.0. The third-order valence-corrected chi connectivity index (χ3v) is 6.20. The van der Waals surface area contributed by atoms with Crippen molar-refractivity contribution >= 4 is 5.91 Å². The molecule has 6 nitrogen and oxygen atoms in total. The number of carbonyl (C=O) groups is 1. The zero-order valence-electron chi connectivity index (χ0n) is 16.9. The van der Waals surface area contributed by atoms with Crippen molar-refractivity contribution < 1.29 is 9.32 Å². The number of amides is 1. The van der Waals surface area contributed by atoms with E-state index in [-0.39, 0.29) is 11.9 Å². The summed E-state index contributed by atoms with van der Waals surface area (Å²) in [6, 6.07) is 10.4. The zero-order chi connectivity index (χ0) is 19.5. The lowest BCUT2D eigenvalue weighted by Crippen LogP contribution is -2.45. The summed E-state index contributed by atoms with van der Waals surface area (Å²) in [6.07, 6.45) is 3.19. The van der Waals surface area contributed by atoms with E-state index in [0.29, 0.717) is 12.2 Å². The van der Waals surface area contributed by atoms with E-state index in [1.807, 2.05) is 18.0 Å². The lowest BCUT2D eigenvalue weighted by Gasteiger charge is -2.33. The standard InChI is InChI=1S/C22H30N4O2/c1-3-25-11-13-26(14-12-25)16-18-15-20(23-28-18)22(27)24(2)21-10-6-8-17-7-4-5-9-19(17)21/h4-5,7,9,15,21H,3,6,8,10-14,16H2,1-2H3. The Morgan fingerprint density at radius 2 is 1.96 bits per heavy atom. The average Bonchev–Trinajstić information content (AvgIpc) is 3.21. The number of hydrogen-bond donors (Lipinski definition) is 0. The highest BCUT2D eigenvalue weighted by molar-refractivity contribution is 5.92. The SMILES string of the molecule is CCN1CCN(Cc2cc(C(=O)N(C)C3CCCc4ccccc43)no2)CC1. The maximum absolute atomic E-state index is 13.0. The Hall–Kier alpha value is -2.18. The molecule has 6 heteroatoms. The summed E-state index contributed by atoms with van der Waals surface area (Å²) in [7, 11) is 1.88. The number of likely N-dealkylation sites (N-methyl/N-ethyl adjacent to an activating group) is 1. The molecule has 1 atom stereocenters. The van der Waals surface area contributed by atoms with Gasteiger partial charge in [0.15, 0.2) is 11.5 Å². The molecule has 2 aliphatic rings. The van der Waals surface area contributed by atoms with Crippen molar-refractivity contribution in [3.8, 4) is 0 Å². The first-order chi connectivity index (χ1) is 13.7. The van der Waals surface area contributed by atoms with Gasteiger partial charge in [-0.1, -0.05) is 36.3 Å². The van der Waals surface area contributed by atoms with Gasteiger partial charge in [-0.05, 0) is 36.9 Å². The number of rotatable bonds is 5. The van der Waals surface area contributed by atoms with Crippen LogP contribution in [0.3, 0.4) is 0 Å². The first-order valence-corrected chi connectivity index (χ1v) is 10.4. The lowest BCUT2D eigenvalue weighted by atomic mass is 9.87. The Balaban J connectivity index is 1.41. The maximum Gasteiger partial charge on any atom is 0.276 e. The van der Waals surface area contributed by atoms with Crippen LogP contribution in [0.1, 0.15) is 53.2 Å². The normalized spacial score (nSPS) is 20.7. The van der Waals surface area contributed by atoms with E-state index in [4.69, 9.17) is 4.52 Å². The largest absolute Gasteiger partial charge is 0.359 e. The van der Waals surface area contributed by atoms with E-state index in [0.717, 1.165) is 57.7 Å². The molecule has 0 saturated carbocycles. The first-order valence-electron chi connectivity index (χ1n) is 10.4. The van der Waals surface area contributed by atoms with E-state index in [2.05, 4.69) is 46.1 Å². The van der Waals surface area contributed by atoms with Crippen LogP contribution in [0, 0.1) is 0 Å². The number of piperazine rings is 1.